The number of hydrogen-bond donors (Lipinski definition) is 1. The van der Waals surface area contributed by atoms with Crippen LogP contribution in [0.5, 0.6) is 0 Å². The molecule has 2 unspecified atom stereocenters. The molecule has 2 amide bonds. The number of nitrogens with one attached hydrogen (secondary N) is 1. The first-order valence-corrected chi connectivity index (χ1v) is 14.1. The van der Waals surface area contributed by atoms with Crippen molar-refractivity contribution in [3.8, 4) is 0 Å². The van der Waals surface area contributed by atoms with Gasteiger partial charge in [0, 0.05) is 77.1 Å². The van der Waals surface area contributed by atoms with Crippen LogP contribution in [0.1, 0.15) is 27.9 Å². The lowest BCUT2D eigenvalue weighted by atomic mass is 10.1. The first kappa shape index (κ1) is 27.7. The SMILES string of the molecule is Cc1ccc(C(=O)N2CC(N(CCN3CCOCC3)Cc3ccc(F)cc3)CC2C(=O)N2CCNCC2)cc1. The molecule has 5 rings (SSSR count). The monoisotopic (exact) mass is 537 g/mol. The van der Waals surface area contributed by atoms with E-state index in [0.29, 0.717) is 38.2 Å². The molecule has 0 bridgehead atoms. The third kappa shape index (κ3) is 7.03. The Morgan fingerprint density at radius 3 is 2.38 bits per heavy atom. The molecule has 0 spiro atoms. The Balaban J connectivity index is 1.38. The molecule has 3 aliphatic heterocycles. The Kier molecular flexibility index (Phi) is 9.24. The number of nitrogens with zero attached hydrogens (tertiary/aromatic N) is 4. The van der Waals surface area contributed by atoms with Crippen molar-refractivity contribution in [1.29, 1.82) is 0 Å². The third-order valence-corrected chi connectivity index (χ3v) is 8.17. The second kappa shape index (κ2) is 13.0. The standard InChI is InChI=1S/C30H40FN5O3/c1-23-2-6-25(7-3-23)29(37)36-22-27(20-28(36)30(38)34-12-10-32-11-13-34)35(15-14-33-16-18-39-19-17-33)21-24-4-8-26(31)9-5-24/h2-9,27-28,32H,10-22H2,1H3. The highest BCUT2D eigenvalue weighted by Crippen LogP contribution is 2.28. The number of hydrogen-bond acceptors (Lipinski definition) is 6. The quantitative estimate of drug-likeness (QED) is 0.556. The number of ether oxygens (including phenoxy) is 1. The molecule has 2 atom stereocenters. The fraction of sp³-hybridized carbons (Fsp3) is 0.533. The molecule has 0 radical (unpaired) electrons. The Bertz CT molecular complexity index is 1100. The van der Waals surface area contributed by atoms with Crippen LogP contribution in [0.3, 0.4) is 0 Å². The summed E-state index contributed by atoms with van der Waals surface area (Å²) in [5, 5.41) is 3.31. The van der Waals surface area contributed by atoms with Gasteiger partial charge in [-0.05, 0) is 43.2 Å². The summed E-state index contributed by atoms with van der Waals surface area (Å²) in [7, 11) is 0. The summed E-state index contributed by atoms with van der Waals surface area (Å²) in [5.74, 6) is -0.314. The molecule has 0 aromatic heterocycles. The van der Waals surface area contributed by atoms with Gasteiger partial charge in [0.2, 0.25) is 5.91 Å². The molecule has 3 saturated heterocycles. The summed E-state index contributed by atoms with van der Waals surface area (Å²) in [4.78, 5) is 36.1. The molecule has 1 N–H and O–H groups in total. The van der Waals surface area contributed by atoms with E-state index in [1.165, 1.54) is 12.1 Å². The maximum Gasteiger partial charge on any atom is 0.254 e. The maximum absolute atomic E-state index is 13.8. The summed E-state index contributed by atoms with van der Waals surface area (Å²) in [6, 6.07) is 13.7. The number of likely N-dealkylation sites (tertiary alicyclic amines) is 1. The van der Waals surface area contributed by atoms with E-state index in [1.807, 2.05) is 48.2 Å². The number of amides is 2. The molecule has 3 aliphatic rings. The van der Waals surface area contributed by atoms with Crippen molar-refractivity contribution >= 4 is 11.8 Å². The lowest BCUT2D eigenvalue weighted by Crippen LogP contribution is -2.53. The predicted octanol–water partition coefficient (Wildman–Crippen LogP) is 1.98. The largest absolute Gasteiger partial charge is 0.379 e. The lowest BCUT2D eigenvalue weighted by Gasteiger charge is -2.33. The van der Waals surface area contributed by atoms with Crippen molar-refractivity contribution in [1.82, 2.24) is 24.9 Å². The number of halogens is 1. The summed E-state index contributed by atoms with van der Waals surface area (Å²) >= 11 is 0. The van der Waals surface area contributed by atoms with Gasteiger partial charge < -0.3 is 19.9 Å². The molecule has 3 heterocycles. The highest BCUT2D eigenvalue weighted by Gasteiger charge is 2.43. The Morgan fingerprint density at radius 2 is 1.69 bits per heavy atom. The number of carbonyl (C=O) groups is 2. The van der Waals surface area contributed by atoms with Crippen LogP contribution in [0.25, 0.3) is 0 Å². The van der Waals surface area contributed by atoms with Crippen LogP contribution in [0.2, 0.25) is 0 Å². The molecular weight excluding hydrogens is 497 g/mol. The molecule has 2 aromatic carbocycles. The van der Waals surface area contributed by atoms with E-state index >= 15 is 0 Å². The van der Waals surface area contributed by atoms with E-state index in [-0.39, 0.29) is 23.7 Å². The van der Waals surface area contributed by atoms with Crippen molar-refractivity contribution in [3.63, 3.8) is 0 Å². The van der Waals surface area contributed by atoms with Gasteiger partial charge in [0.25, 0.3) is 5.91 Å². The predicted molar refractivity (Wildman–Crippen MR) is 148 cm³/mol. The van der Waals surface area contributed by atoms with Gasteiger partial charge in [-0.15, -0.1) is 0 Å². The molecule has 2 aromatic rings. The van der Waals surface area contributed by atoms with Crippen LogP contribution >= 0.6 is 0 Å². The summed E-state index contributed by atoms with van der Waals surface area (Å²) in [5.41, 5.74) is 2.72. The van der Waals surface area contributed by atoms with Crippen LogP contribution in [-0.2, 0) is 16.1 Å². The molecule has 39 heavy (non-hydrogen) atoms. The topological polar surface area (TPSA) is 68.4 Å². The first-order valence-electron chi connectivity index (χ1n) is 14.1. The van der Waals surface area contributed by atoms with Gasteiger partial charge in [0.15, 0.2) is 0 Å². The van der Waals surface area contributed by atoms with Crippen LogP contribution in [0, 0.1) is 12.7 Å². The van der Waals surface area contributed by atoms with Gasteiger partial charge in [0.1, 0.15) is 11.9 Å². The molecule has 3 fully saturated rings. The highest BCUT2D eigenvalue weighted by molar-refractivity contribution is 5.98. The van der Waals surface area contributed by atoms with E-state index in [1.54, 1.807) is 4.90 Å². The third-order valence-electron chi connectivity index (χ3n) is 8.17. The van der Waals surface area contributed by atoms with Crippen molar-refractivity contribution < 1.29 is 18.7 Å². The van der Waals surface area contributed by atoms with Gasteiger partial charge >= 0.3 is 0 Å². The van der Waals surface area contributed by atoms with Gasteiger partial charge in [-0.2, -0.15) is 0 Å². The average molecular weight is 538 g/mol. The fourth-order valence-electron chi connectivity index (χ4n) is 5.80. The zero-order valence-electron chi connectivity index (χ0n) is 22.9. The number of piperazine rings is 1. The van der Waals surface area contributed by atoms with Crippen LogP contribution in [-0.4, -0.2) is 116 Å². The van der Waals surface area contributed by atoms with Crippen molar-refractivity contribution in [2.24, 2.45) is 0 Å². The summed E-state index contributed by atoms with van der Waals surface area (Å²) < 4.78 is 19.2. The molecule has 8 nitrogen and oxygen atoms in total. The van der Waals surface area contributed by atoms with E-state index in [4.69, 9.17) is 4.74 Å². The molecule has 210 valence electrons. The highest BCUT2D eigenvalue weighted by atomic mass is 19.1. The Hall–Kier alpha value is -2.85. The minimum absolute atomic E-state index is 0.0161. The van der Waals surface area contributed by atoms with Gasteiger partial charge in [0.05, 0.1) is 13.2 Å². The van der Waals surface area contributed by atoms with E-state index in [2.05, 4.69) is 15.1 Å². The summed E-state index contributed by atoms with van der Waals surface area (Å²) in [6.07, 6.45) is 0.588. The van der Waals surface area contributed by atoms with Gasteiger partial charge in [-0.3, -0.25) is 19.4 Å². The van der Waals surface area contributed by atoms with Crippen LogP contribution in [0.15, 0.2) is 48.5 Å². The second-order valence-corrected chi connectivity index (χ2v) is 10.9. The van der Waals surface area contributed by atoms with E-state index < -0.39 is 6.04 Å². The smallest absolute Gasteiger partial charge is 0.254 e. The Morgan fingerprint density at radius 1 is 1.00 bits per heavy atom. The first-order chi connectivity index (χ1) is 19.0. The Labute approximate surface area is 230 Å². The van der Waals surface area contributed by atoms with Crippen molar-refractivity contribution in [2.45, 2.75) is 32.0 Å². The summed E-state index contributed by atoms with van der Waals surface area (Å²) in [6.45, 7) is 10.9. The maximum atomic E-state index is 13.8. The van der Waals surface area contributed by atoms with E-state index in [9.17, 15) is 14.0 Å². The second-order valence-electron chi connectivity index (χ2n) is 10.9. The number of benzene rings is 2. The number of aryl methyl sites for hydroxylation is 1. The minimum Gasteiger partial charge on any atom is -0.379 e. The van der Waals surface area contributed by atoms with E-state index in [0.717, 1.165) is 63.6 Å². The average Bonchev–Trinajstić information content (AvgIpc) is 3.42. The van der Waals surface area contributed by atoms with Crippen molar-refractivity contribution in [3.05, 3.63) is 71.0 Å². The van der Waals surface area contributed by atoms with Gasteiger partial charge in [-0.25, -0.2) is 4.39 Å². The minimum atomic E-state index is -0.499. The van der Waals surface area contributed by atoms with Crippen molar-refractivity contribution in [2.75, 3.05) is 72.1 Å². The lowest BCUT2D eigenvalue weighted by molar-refractivity contribution is -0.135. The number of morpholine rings is 1. The number of carbonyl (C=O) groups excluding carboxylic acids is 2. The molecule has 9 heteroatoms. The number of rotatable bonds is 8. The molecule has 0 saturated carbocycles. The van der Waals surface area contributed by atoms with Crippen LogP contribution < -0.4 is 5.32 Å². The normalized spacial score (nSPS) is 22.4. The zero-order chi connectivity index (χ0) is 27.2. The van der Waals surface area contributed by atoms with Gasteiger partial charge in [-0.1, -0.05) is 29.8 Å². The zero-order valence-corrected chi connectivity index (χ0v) is 22.9. The van der Waals surface area contributed by atoms with Crippen LogP contribution in [0.4, 0.5) is 4.39 Å². The molecule has 0 aliphatic carbocycles. The fourth-order valence-corrected chi connectivity index (χ4v) is 5.80. The molecular formula is C30H40FN5O3.